The van der Waals surface area contributed by atoms with E-state index < -0.39 is 5.60 Å². The summed E-state index contributed by atoms with van der Waals surface area (Å²) in [4.78, 5) is 17.7. The third-order valence-electron chi connectivity index (χ3n) is 5.71. The van der Waals surface area contributed by atoms with Crippen molar-refractivity contribution in [1.29, 1.82) is 0 Å². The smallest absolute Gasteiger partial charge is 0.410 e. The summed E-state index contributed by atoms with van der Waals surface area (Å²) in [6.07, 6.45) is 4.70. The first-order valence-electron chi connectivity index (χ1n) is 11.0. The van der Waals surface area contributed by atoms with Gasteiger partial charge in [0.25, 0.3) is 0 Å². The van der Waals surface area contributed by atoms with Crippen LogP contribution in [0.25, 0.3) is 0 Å². The minimum absolute atomic E-state index is 0.115. The van der Waals surface area contributed by atoms with Crippen molar-refractivity contribution in [2.75, 3.05) is 30.8 Å². The van der Waals surface area contributed by atoms with Gasteiger partial charge in [-0.1, -0.05) is 6.07 Å². The van der Waals surface area contributed by atoms with Gasteiger partial charge in [0.05, 0.1) is 0 Å². The van der Waals surface area contributed by atoms with Crippen molar-refractivity contribution in [3.05, 3.63) is 48.0 Å². The van der Waals surface area contributed by atoms with Crippen molar-refractivity contribution in [1.82, 2.24) is 4.90 Å². The van der Waals surface area contributed by atoms with E-state index in [4.69, 9.17) is 9.47 Å². The highest BCUT2D eigenvalue weighted by Gasteiger charge is 2.28. The van der Waals surface area contributed by atoms with E-state index in [2.05, 4.69) is 47.6 Å². The molecule has 0 radical (unpaired) electrons. The summed E-state index contributed by atoms with van der Waals surface area (Å²) in [6.45, 7) is 8.01. The number of nitrogens with zero attached hydrogens (tertiary/aromatic N) is 2. The van der Waals surface area contributed by atoms with Gasteiger partial charge in [-0.05, 0) is 69.3 Å². The van der Waals surface area contributed by atoms with Crippen LogP contribution in [0.3, 0.4) is 0 Å². The van der Waals surface area contributed by atoms with Crippen LogP contribution < -0.4 is 9.64 Å². The Morgan fingerprint density at radius 2 is 1.84 bits per heavy atom. The first kappa shape index (κ1) is 21.9. The van der Waals surface area contributed by atoms with E-state index in [1.807, 2.05) is 26.8 Å². The largest absolute Gasteiger partial charge is 0.490 e. The van der Waals surface area contributed by atoms with Crippen LogP contribution in [-0.4, -0.2) is 48.6 Å². The number of carbonyl (C=O) groups is 1. The number of ether oxygens (including phenoxy) is 2. The predicted molar refractivity (Wildman–Crippen MR) is 127 cm³/mol. The summed E-state index contributed by atoms with van der Waals surface area (Å²) in [5, 5.41) is 0. The van der Waals surface area contributed by atoms with Crippen LogP contribution in [0.5, 0.6) is 5.75 Å². The molecule has 0 spiro atoms. The number of carbonyl (C=O) groups excluding carboxylic acids is 1. The fourth-order valence-electron chi connectivity index (χ4n) is 4.17. The van der Waals surface area contributed by atoms with Gasteiger partial charge >= 0.3 is 6.09 Å². The molecule has 2 heterocycles. The monoisotopic (exact) mass is 440 g/mol. The Bertz CT molecular complexity index is 933. The summed E-state index contributed by atoms with van der Waals surface area (Å²) < 4.78 is 11.8. The van der Waals surface area contributed by atoms with E-state index in [9.17, 15) is 4.79 Å². The van der Waals surface area contributed by atoms with Crippen molar-refractivity contribution in [2.24, 2.45) is 0 Å². The number of rotatable bonds is 4. The minimum atomic E-state index is -0.462. The molecule has 4 rings (SSSR count). The van der Waals surface area contributed by atoms with Crippen LogP contribution in [0.2, 0.25) is 0 Å². The highest BCUT2D eigenvalue weighted by Crippen LogP contribution is 2.37. The Balaban J connectivity index is 1.37. The molecule has 2 aromatic rings. The van der Waals surface area contributed by atoms with Crippen molar-refractivity contribution < 1.29 is 14.3 Å². The summed E-state index contributed by atoms with van der Waals surface area (Å²) in [5.74, 6) is 0.891. The third-order valence-corrected chi connectivity index (χ3v) is 6.43. The van der Waals surface area contributed by atoms with Crippen LogP contribution in [0.1, 0.15) is 39.2 Å². The van der Waals surface area contributed by atoms with Crippen LogP contribution in [-0.2, 0) is 11.2 Å². The zero-order chi connectivity index (χ0) is 22.0. The quantitative estimate of drug-likeness (QED) is 0.555. The highest BCUT2D eigenvalue weighted by molar-refractivity contribution is 7.98. The molecule has 1 saturated heterocycles. The maximum Gasteiger partial charge on any atom is 0.410 e. The number of piperidine rings is 1. The fourth-order valence-corrected chi connectivity index (χ4v) is 4.64. The Hall–Kier alpha value is -2.34. The number of fused-ring (bicyclic) bond motifs is 1. The summed E-state index contributed by atoms with van der Waals surface area (Å²) in [5.41, 5.74) is 3.41. The van der Waals surface area contributed by atoms with E-state index in [1.165, 1.54) is 21.8 Å². The molecule has 31 heavy (non-hydrogen) atoms. The maximum atomic E-state index is 12.3. The molecule has 0 unspecified atom stereocenters. The lowest BCUT2D eigenvalue weighted by atomic mass is 10.1. The lowest BCUT2D eigenvalue weighted by Crippen LogP contribution is -2.44. The average Bonchev–Trinajstić information content (AvgIpc) is 3.16. The number of likely N-dealkylation sites (tertiary alicyclic amines) is 1. The molecule has 2 aliphatic heterocycles. The van der Waals surface area contributed by atoms with Gasteiger partial charge < -0.3 is 19.3 Å². The Kier molecular flexibility index (Phi) is 6.37. The van der Waals surface area contributed by atoms with Crippen molar-refractivity contribution >= 4 is 29.2 Å². The van der Waals surface area contributed by atoms with Crippen LogP contribution >= 0.6 is 11.8 Å². The van der Waals surface area contributed by atoms with Gasteiger partial charge in [0, 0.05) is 54.8 Å². The minimum Gasteiger partial charge on any atom is -0.490 e. The normalized spacial score (nSPS) is 16.9. The molecule has 0 bridgehead atoms. The van der Waals surface area contributed by atoms with Gasteiger partial charge in [-0.15, -0.1) is 11.8 Å². The first-order valence-corrected chi connectivity index (χ1v) is 12.2. The SMILES string of the molecule is CSc1ccc2c(c1)CCN2c1cccc(OC2CCN(C(=O)OC(C)(C)C)CC2)c1. The molecule has 2 aromatic carbocycles. The van der Waals surface area contributed by atoms with Gasteiger partial charge in [0.1, 0.15) is 17.5 Å². The Morgan fingerprint density at radius 1 is 1.06 bits per heavy atom. The van der Waals surface area contributed by atoms with Crippen LogP contribution in [0.4, 0.5) is 16.2 Å². The van der Waals surface area contributed by atoms with Gasteiger partial charge in [0.2, 0.25) is 0 Å². The zero-order valence-electron chi connectivity index (χ0n) is 18.9. The number of thioether (sulfide) groups is 1. The lowest BCUT2D eigenvalue weighted by molar-refractivity contribution is 0.0126. The molecule has 0 aromatic heterocycles. The van der Waals surface area contributed by atoms with Crippen molar-refractivity contribution in [3.63, 3.8) is 0 Å². The highest BCUT2D eigenvalue weighted by atomic mass is 32.2. The molecule has 2 aliphatic rings. The first-order chi connectivity index (χ1) is 14.8. The summed E-state index contributed by atoms with van der Waals surface area (Å²) in [6, 6.07) is 15.1. The molecule has 0 N–H and O–H groups in total. The number of hydrogen-bond acceptors (Lipinski definition) is 5. The molecule has 166 valence electrons. The zero-order valence-corrected chi connectivity index (χ0v) is 19.7. The predicted octanol–water partition coefficient (Wildman–Crippen LogP) is 5.88. The number of anilines is 2. The van der Waals surface area contributed by atoms with E-state index in [0.29, 0.717) is 13.1 Å². The molecule has 0 aliphatic carbocycles. The summed E-state index contributed by atoms with van der Waals surface area (Å²) in [7, 11) is 0. The average molecular weight is 441 g/mol. The van der Waals surface area contributed by atoms with Crippen LogP contribution in [0, 0.1) is 0 Å². The maximum absolute atomic E-state index is 12.3. The third kappa shape index (κ3) is 5.29. The van der Waals surface area contributed by atoms with E-state index in [0.717, 1.165) is 31.6 Å². The second kappa shape index (κ2) is 9.03. The van der Waals surface area contributed by atoms with E-state index in [-0.39, 0.29) is 12.2 Å². The molecular weight excluding hydrogens is 408 g/mol. The molecule has 5 nitrogen and oxygen atoms in total. The molecular formula is C25H32N2O3S. The standard InChI is InChI=1S/C25H32N2O3S/c1-25(2,3)30-24(28)26-13-11-20(12-14-26)29-21-7-5-6-19(17-21)27-15-10-18-16-22(31-4)8-9-23(18)27/h5-9,16-17,20H,10-15H2,1-4H3. The van der Waals surface area contributed by atoms with Gasteiger partial charge in [-0.2, -0.15) is 0 Å². The topological polar surface area (TPSA) is 42.0 Å². The van der Waals surface area contributed by atoms with E-state index in [1.54, 1.807) is 16.7 Å². The molecule has 1 amide bonds. The second-order valence-corrected chi connectivity index (χ2v) is 10.1. The van der Waals surface area contributed by atoms with E-state index >= 15 is 0 Å². The fraction of sp³-hybridized carbons (Fsp3) is 0.480. The van der Waals surface area contributed by atoms with Crippen LogP contribution in [0.15, 0.2) is 47.4 Å². The van der Waals surface area contributed by atoms with Gasteiger partial charge in [0.15, 0.2) is 0 Å². The second-order valence-electron chi connectivity index (χ2n) is 9.18. The number of hydrogen-bond donors (Lipinski definition) is 0. The molecule has 0 atom stereocenters. The van der Waals surface area contributed by atoms with Crippen molar-refractivity contribution in [3.8, 4) is 5.75 Å². The lowest BCUT2D eigenvalue weighted by Gasteiger charge is -2.33. The molecule has 1 fully saturated rings. The molecule has 6 heteroatoms. The number of amides is 1. The Labute approximate surface area is 189 Å². The van der Waals surface area contributed by atoms with Gasteiger partial charge in [-0.25, -0.2) is 4.79 Å². The van der Waals surface area contributed by atoms with Gasteiger partial charge in [-0.3, -0.25) is 0 Å². The van der Waals surface area contributed by atoms with Crippen molar-refractivity contribution in [2.45, 2.75) is 56.6 Å². The number of benzene rings is 2. The summed E-state index contributed by atoms with van der Waals surface area (Å²) >= 11 is 1.79. The Morgan fingerprint density at radius 3 is 2.55 bits per heavy atom. The molecule has 0 saturated carbocycles.